The Morgan fingerprint density at radius 3 is 1.97 bits per heavy atom. The molecule has 0 aliphatic rings. The summed E-state index contributed by atoms with van der Waals surface area (Å²) < 4.78 is 17.0. The maximum atomic E-state index is 11.7. The molecule has 3 rings (SSSR count). The minimum absolute atomic E-state index is 0.175. The first-order valence-corrected chi connectivity index (χ1v) is 13.6. The minimum atomic E-state index is -0.295. The van der Waals surface area contributed by atoms with E-state index in [0.29, 0.717) is 24.6 Å². The van der Waals surface area contributed by atoms with Crippen LogP contribution in [0.15, 0.2) is 60.9 Å². The number of benzene rings is 2. The Morgan fingerprint density at radius 1 is 0.730 bits per heavy atom. The molecule has 6 nitrogen and oxygen atoms in total. The molecule has 0 radical (unpaired) electrons. The van der Waals surface area contributed by atoms with Crippen LogP contribution in [0.25, 0.3) is 22.5 Å². The van der Waals surface area contributed by atoms with Crippen LogP contribution in [0.3, 0.4) is 0 Å². The van der Waals surface area contributed by atoms with Gasteiger partial charge in [-0.2, -0.15) is 0 Å². The topological polar surface area (TPSA) is 70.5 Å². The van der Waals surface area contributed by atoms with E-state index in [1.807, 2.05) is 67.8 Å². The van der Waals surface area contributed by atoms with E-state index in [4.69, 9.17) is 14.2 Å². The predicted octanol–water partition coefficient (Wildman–Crippen LogP) is 7.66. The van der Waals surface area contributed by atoms with Crippen LogP contribution in [0.4, 0.5) is 0 Å². The Kier molecular flexibility index (Phi) is 11.9. The molecule has 6 heteroatoms. The Hall–Kier alpha value is -3.41. The quantitative estimate of drug-likeness (QED) is 0.147. The molecule has 198 valence electrons. The Labute approximate surface area is 221 Å². The first-order valence-electron chi connectivity index (χ1n) is 13.6. The number of ether oxygens (including phenoxy) is 3. The zero-order chi connectivity index (χ0) is 26.3. The Balaban J connectivity index is 1.47. The Bertz CT molecular complexity index is 1050. The number of esters is 1. The van der Waals surface area contributed by atoms with E-state index in [1.165, 1.54) is 25.7 Å². The Morgan fingerprint density at radius 2 is 1.32 bits per heavy atom. The van der Waals surface area contributed by atoms with Crippen molar-refractivity contribution in [3.05, 3.63) is 60.9 Å². The highest BCUT2D eigenvalue weighted by molar-refractivity contribution is 5.69. The average molecular weight is 505 g/mol. The van der Waals surface area contributed by atoms with Gasteiger partial charge in [0.25, 0.3) is 0 Å². The fraction of sp³-hybridized carbons (Fsp3) is 0.452. The molecule has 2 aromatic carbocycles. The van der Waals surface area contributed by atoms with Crippen LogP contribution in [0.2, 0.25) is 0 Å². The molecule has 0 amide bonds. The molecule has 1 unspecified atom stereocenters. The van der Waals surface area contributed by atoms with Gasteiger partial charge >= 0.3 is 5.97 Å². The number of carbonyl (C=O) groups excluding carboxylic acids is 1. The molecule has 0 spiro atoms. The number of rotatable bonds is 16. The maximum Gasteiger partial charge on any atom is 0.306 e. The van der Waals surface area contributed by atoms with Crippen LogP contribution in [0.1, 0.15) is 72.1 Å². The summed E-state index contributed by atoms with van der Waals surface area (Å²) in [4.78, 5) is 20.8. The van der Waals surface area contributed by atoms with Gasteiger partial charge in [-0.25, -0.2) is 9.97 Å². The average Bonchev–Trinajstić information content (AvgIpc) is 2.93. The molecule has 0 aliphatic heterocycles. The molecule has 37 heavy (non-hydrogen) atoms. The largest absolute Gasteiger partial charge is 0.494 e. The number of hydrogen-bond acceptors (Lipinski definition) is 6. The predicted molar refractivity (Wildman–Crippen MR) is 148 cm³/mol. The second-order valence-corrected chi connectivity index (χ2v) is 9.32. The first-order chi connectivity index (χ1) is 18.1. The van der Waals surface area contributed by atoms with E-state index in [0.717, 1.165) is 48.3 Å². The van der Waals surface area contributed by atoms with Gasteiger partial charge in [0.2, 0.25) is 0 Å². The molecule has 0 bridgehead atoms. The summed E-state index contributed by atoms with van der Waals surface area (Å²) in [6.45, 7) is 7.18. The monoisotopic (exact) mass is 504 g/mol. The summed E-state index contributed by atoms with van der Waals surface area (Å²) in [5.74, 6) is 2.08. The van der Waals surface area contributed by atoms with E-state index < -0.39 is 0 Å². The molecule has 1 aromatic heterocycles. The van der Waals surface area contributed by atoms with Gasteiger partial charge in [0.15, 0.2) is 5.82 Å². The van der Waals surface area contributed by atoms with Crippen LogP contribution in [0, 0.1) is 0 Å². The highest BCUT2D eigenvalue weighted by atomic mass is 16.6. The lowest BCUT2D eigenvalue weighted by molar-refractivity contribution is -0.149. The molecule has 3 aromatic rings. The molecule has 0 fully saturated rings. The molecule has 0 saturated carbocycles. The summed E-state index contributed by atoms with van der Waals surface area (Å²) in [6, 6.07) is 15.7. The van der Waals surface area contributed by atoms with Crippen molar-refractivity contribution in [2.24, 2.45) is 0 Å². The lowest BCUT2D eigenvalue weighted by Crippen LogP contribution is -2.21. The zero-order valence-electron chi connectivity index (χ0n) is 22.4. The number of nitrogens with zero attached hydrogens (tertiary/aromatic N) is 2. The second kappa shape index (κ2) is 15.6. The van der Waals surface area contributed by atoms with Gasteiger partial charge in [-0.3, -0.25) is 4.79 Å². The van der Waals surface area contributed by atoms with Crippen molar-refractivity contribution in [1.29, 1.82) is 0 Å². The molecule has 0 N–H and O–H groups in total. The van der Waals surface area contributed by atoms with Crippen LogP contribution in [-0.2, 0) is 9.53 Å². The van der Waals surface area contributed by atoms with Crippen LogP contribution < -0.4 is 9.47 Å². The normalized spacial score (nSPS) is 11.6. The molecule has 0 aliphatic carbocycles. The maximum absolute atomic E-state index is 11.7. The lowest BCUT2D eigenvalue weighted by Gasteiger charge is -2.14. The van der Waals surface area contributed by atoms with Crippen molar-refractivity contribution < 1.29 is 19.0 Å². The minimum Gasteiger partial charge on any atom is -0.494 e. The van der Waals surface area contributed by atoms with Crippen molar-refractivity contribution in [2.45, 2.75) is 78.2 Å². The van der Waals surface area contributed by atoms with E-state index in [-0.39, 0.29) is 12.1 Å². The van der Waals surface area contributed by atoms with E-state index in [1.54, 1.807) is 0 Å². The SMILES string of the molecule is CCCCCCCOc1ccc(-c2cnc(-c3ccc(OCC(C)OC(=O)CCCC)cc3)nc2)cc1. The van der Waals surface area contributed by atoms with Crippen LogP contribution in [0.5, 0.6) is 11.5 Å². The highest BCUT2D eigenvalue weighted by Crippen LogP contribution is 2.24. The summed E-state index contributed by atoms with van der Waals surface area (Å²) in [7, 11) is 0. The third-order valence-corrected chi connectivity index (χ3v) is 6.02. The van der Waals surface area contributed by atoms with E-state index in [2.05, 4.69) is 23.8 Å². The second-order valence-electron chi connectivity index (χ2n) is 9.32. The first kappa shape index (κ1) is 28.2. The van der Waals surface area contributed by atoms with Gasteiger partial charge in [-0.15, -0.1) is 0 Å². The van der Waals surface area contributed by atoms with Gasteiger partial charge in [0.05, 0.1) is 6.61 Å². The number of unbranched alkanes of at least 4 members (excludes halogenated alkanes) is 5. The van der Waals surface area contributed by atoms with Crippen LogP contribution in [-0.4, -0.2) is 35.3 Å². The molecule has 1 heterocycles. The third kappa shape index (κ3) is 9.87. The number of carbonyl (C=O) groups is 1. The van der Waals surface area contributed by atoms with Crippen molar-refractivity contribution in [3.8, 4) is 34.0 Å². The van der Waals surface area contributed by atoms with Gasteiger partial charge in [-0.1, -0.05) is 58.1 Å². The molecule has 1 atom stereocenters. The zero-order valence-corrected chi connectivity index (χ0v) is 22.4. The molecular formula is C31H40N2O4. The lowest BCUT2D eigenvalue weighted by atomic mass is 10.1. The van der Waals surface area contributed by atoms with E-state index in [9.17, 15) is 4.79 Å². The summed E-state index contributed by atoms with van der Waals surface area (Å²) in [5.41, 5.74) is 2.91. The van der Waals surface area contributed by atoms with E-state index >= 15 is 0 Å². The molecular weight excluding hydrogens is 464 g/mol. The van der Waals surface area contributed by atoms with Crippen molar-refractivity contribution in [3.63, 3.8) is 0 Å². The molecule has 0 saturated heterocycles. The van der Waals surface area contributed by atoms with Crippen molar-refractivity contribution in [1.82, 2.24) is 9.97 Å². The van der Waals surface area contributed by atoms with Gasteiger partial charge in [0, 0.05) is 29.9 Å². The number of aromatic nitrogens is 2. The van der Waals surface area contributed by atoms with Gasteiger partial charge in [-0.05, 0) is 61.7 Å². The van der Waals surface area contributed by atoms with Gasteiger partial charge < -0.3 is 14.2 Å². The number of hydrogen-bond donors (Lipinski definition) is 0. The summed E-state index contributed by atoms with van der Waals surface area (Å²) in [5, 5.41) is 0. The fourth-order valence-corrected chi connectivity index (χ4v) is 3.82. The van der Waals surface area contributed by atoms with Crippen molar-refractivity contribution in [2.75, 3.05) is 13.2 Å². The summed E-state index contributed by atoms with van der Waals surface area (Å²) >= 11 is 0. The van der Waals surface area contributed by atoms with Gasteiger partial charge in [0.1, 0.15) is 24.2 Å². The smallest absolute Gasteiger partial charge is 0.306 e. The van der Waals surface area contributed by atoms with Crippen LogP contribution >= 0.6 is 0 Å². The third-order valence-electron chi connectivity index (χ3n) is 6.02. The fourth-order valence-electron chi connectivity index (χ4n) is 3.82. The van der Waals surface area contributed by atoms with Crippen molar-refractivity contribution >= 4 is 5.97 Å². The highest BCUT2D eigenvalue weighted by Gasteiger charge is 2.10. The summed E-state index contributed by atoms with van der Waals surface area (Å²) in [6.07, 6.45) is 11.8. The standard InChI is InChI=1S/C31H40N2O4/c1-4-6-8-9-10-20-35-28-16-12-25(13-17-28)27-21-32-31(33-22-27)26-14-18-29(19-15-26)36-23-24(3)37-30(34)11-7-5-2/h12-19,21-22,24H,4-11,20,23H2,1-3H3.